The highest BCUT2D eigenvalue weighted by atomic mass is 16.3. The Morgan fingerprint density at radius 3 is 1.63 bits per heavy atom. The molecule has 244 valence electrons. The summed E-state index contributed by atoms with van der Waals surface area (Å²) >= 11 is 0. The predicted octanol–water partition coefficient (Wildman–Crippen LogP) is 14.4. The van der Waals surface area contributed by atoms with Gasteiger partial charge < -0.3 is 9.32 Å². The summed E-state index contributed by atoms with van der Waals surface area (Å²) in [6.07, 6.45) is 0. The van der Waals surface area contributed by atoms with Crippen molar-refractivity contribution in [2.24, 2.45) is 0 Å². The Labute approximate surface area is 302 Å². The van der Waals surface area contributed by atoms with E-state index in [0.29, 0.717) is 0 Å². The van der Waals surface area contributed by atoms with Crippen LogP contribution in [0, 0.1) is 0 Å². The van der Waals surface area contributed by atoms with Crippen molar-refractivity contribution in [1.82, 2.24) is 0 Å². The Balaban J connectivity index is 1.06. The molecule has 0 saturated heterocycles. The van der Waals surface area contributed by atoms with Gasteiger partial charge in [-0.1, -0.05) is 140 Å². The maximum Gasteiger partial charge on any atom is 0.136 e. The summed E-state index contributed by atoms with van der Waals surface area (Å²) in [6, 6.07) is 71.8. The molecule has 2 nitrogen and oxygen atoms in total. The van der Waals surface area contributed by atoms with Crippen molar-refractivity contribution >= 4 is 60.5 Å². The summed E-state index contributed by atoms with van der Waals surface area (Å²) in [5, 5.41) is 7.21. The fourth-order valence-corrected chi connectivity index (χ4v) is 7.60. The number of furan rings is 1. The van der Waals surface area contributed by atoms with Crippen LogP contribution < -0.4 is 4.90 Å². The quantitative estimate of drug-likeness (QED) is 0.176. The lowest BCUT2D eigenvalue weighted by Gasteiger charge is -2.26. The fourth-order valence-electron chi connectivity index (χ4n) is 7.60. The van der Waals surface area contributed by atoms with E-state index in [2.05, 4.69) is 193 Å². The zero-order chi connectivity index (χ0) is 34.4. The molecule has 10 aromatic rings. The zero-order valence-electron chi connectivity index (χ0n) is 28.4. The van der Waals surface area contributed by atoms with E-state index in [1.54, 1.807) is 0 Å². The number of hydrogen-bond acceptors (Lipinski definition) is 2. The molecule has 1 aromatic heterocycles. The predicted molar refractivity (Wildman–Crippen MR) is 220 cm³/mol. The van der Waals surface area contributed by atoms with Crippen molar-refractivity contribution in [2.45, 2.75) is 0 Å². The van der Waals surface area contributed by atoms with Crippen molar-refractivity contribution < 1.29 is 4.42 Å². The highest BCUT2D eigenvalue weighted by Gasteiger charge is 2.16. The molecule has 0 aliphatic rings. The van der Waals surface area contributed by atoms with E-state index in [0.717, 1.165) is 33.6 Å². The van der Waals surface area contributed by atoms with Crippen LogP contribution in [-0.2, 0) is 0 Å². The summed E-state index contributed by atoms with van der Waals surface area (Å²) in [4.78, 5) is 2.35. The molecule has 0 aliphatic carbocycles. The molecule has 0 aliphatic heterocycles. The van der Waals surface area contributed by atoms with Gasteiger partial charge in [0.1, 0.15) is 11.2 Å². The fraction of sp³-hybridized carbons (Fsp3) is 0. The number of hydrogen-bond donors (Lipinski definition) is 0. The van der Waals surface area contributed by atoms with Crippen molar-refractivity contribution in [3.05, 3.63) is 200 Å². The average molecular weight is 664 g/mol. The molecule has 10 rings (SSSR count). The van der Waals surface area contributed by atoms with E-state index in [4.69, 9.17) is 4.42 Å². The normalized spacial score (nSPS) is 11.5. The summed E-state index contributed by atoms with van der Waals surface area (Å²) < 4.78 is 6.21. The smallest absolute Gasteiger partial charge is 0.136 e. The molecule has 52 heavy (non-hydrogen) atoms. The Hall–Kier alpha value is -6.90. The Morgan fingerprint density at radius 1 is 0.288 bits per heavy atom. The van der Waals surface area contributed by atoms with E-state index >= 15 is 0 Å². The van der Waals surface area contributed by atoms with E-state index in [9.17, 15) is 0 Å². The van der Waals surface area contributed by atoms with E-state index in [1.807, 2.05) is 12.1 Å². The molecule has 0 amide bonds. The standard InChI is InChI=1S/C50H33NO/c1-2-9-34(10-3-1)36-21-26-43(27-22-36)51(45-14-8-13-40(32-45)41-19-17-35-11-4-5-12-39(35)31-41)44-28-23-37(24-29-44)42-20-18-38-25-30-49-50(47(38)33-42)46-15-6-7-16-48(46)52-49/h1-33H. The van der Waals surface area contributed by atoms with Crippen LogP contribution in [0.5, 0.6) is 0 Å². The van der Waals surface area contributed by atoms with E-state index in [1.165, 1.54) is 60.3 Å². The van der Waals surface area contributed by atoms with Gasteiger partial charge in [-0.15, -0.1) is 0 Å². The second kappa shape index (κ2) is 12.5. The molecule has 0 radical (unpaired) electrons. The third-order valence-corrected chi connectivity index (χ3v) is 10.2. The van der Waals surface area contributed by atoms with Gasteiger partial charge in [-0.05, 0) is 116 Å². The maximum absolute atomic E-state index is 6.21. The van der Waals surface area contributed by atoms with Crippen LogP contribution in [0.2, 0.25) is 0 Å². The van der Waals surface area contributed by atoms with Crippen LogP contribution in [0.4, 0.5) is 17.1 Å². The molecule has 0 bridgehead atoms. The van der Waals surface area contributed by atoms with Crippen molar-refractivity contribution in [2.75, 3.05) is 4.90 Å². The van der Waals surface area contributed by atoms with Gasteiger partial charge in [0.15, 0.2) is 0 Å². The van der Waals surface area contributed by atoms with Crippen LogP contribution in [-0.4, -0.2) is 0 Å². The third-order valence-electron chi connectivity index (χ3n) is 10.2. The number of nitrogens with zero attached hydrogens (tertiary/aromatic N) is 1. The summed E-state index contributed by atoms with van der Waals surface area (Å²) in [5.74, 6) is 0. The highest BCUT2D eigenvalue weighted by molar-refractivity contribution is 6.19. The molecule has 0 saturated carbocycles. The van der Waals surface area contributed by atoms with Crippen molar-refractivity contribution in [3.8, 4) is 33.4 Å². The van der Waals surface area contributed by atoms with Crippen LogP contribution in [0.3, 0.4) is 0 Å². The molecular weight excluding hydrogens is 631 g/mol. The van der Waals surface area contributed by atoms with Crippen LogP contribution in [0.1, 0.15) is 0 Å². The van der Waals surface area contributed by atoms with Gasteiger partial charge >= 0.3 is 0 Å². The first-order valence-corrected chi connectivity index (χ1v) is 17.7. The first-order chi connectivity index (χ1) is 25.7. The molecule has 2 heteroatoms. The molecular formula is C50H33NO. The van der Waals surface area contributed by atoms with Gasteiger partial charge in [-0.2, -0.15) is 0 Å². The van der Waals surface area contributed by atoms with Crippen LogP contribution in [0.25, 0.3) is 76.9 Å². The molecule has 1 heterocycles. The molecule has 0 unspecified atom stereocenters. The third kappa shape index (κ3) is 5.30. The average Bonchev–Trinajstić information content (AvgIpc) is 3.61. The molecule has 0 spiro atoms. The minimum absolute atomic E-state index is 0.918. The Kier molecular flexibility index (Phi) is 7.18. The summed E-state index contributed by atoms with van der Waals surface area (Å²) in [7, 11) is 0. The number of benzene rings is 9. The molecule has 0 atom stereocenters. The van der Waals surface area contributed by atoms with E-state index < -0.39 is 0 Å². The number of fused-ring (bicyclic) bond motifs is 6. The first-order valence-electron chi connectivity index (χ1n) is 17.7. The van der Waals surface area contributed by atoms with Crippen molar-refractivity contribution in [3.63, 3.8) is 0 Å². The monoisotopic (exact) mass is 663 g/mol. The number of para-hydroxylation sites is 1. The second-order valence-electron chi connectivity index (χ2n) is 13.4. The molecule has 0 N–H and O–H groups in total. The van der Waals surface area contributed by atoms with Gasteiger partial charge in [0.2, 0.25) is 0 Å². The summed E-state index contributed by atoms with van der Waals surface area (Å²) in [6.45, 7) is 0. The first kappa shape index (κ1) is 30.0. The SMILES string of the molecule is c1ccc(-c2ccc(N(c3ccc(-c4ccc5ccc6oc7ccccc7c6c5c4)cc3)c3cccc(-c4ccc5ccccc5c4)c3)cc2)cc1. The lowest BCUT2D eigenvalue weighted by Crippen LogP contribution is -2.10. The topological polar surface area (TPSA) is 16.4 Å². The Bertz CT molecular complexity index is 2890. The molecule has 9 aromatic carbocycles. The number of rotatable bonds is 6. The van der Waals surface area contributed by atoms with Gasteiger partial charge in [0.05, 0.1) is 0 Å². The van der Waals surface area contributed by atoms with Gasteiger partial charge in [0, 0.05) is 27.8 Å². The largest absolute Gasteiger partial charge is 0.456 e. The highest BCUT2D eigenvalue weighted by Crippen LogP contribution is 2.40. The van der Waals surface area contributed by atoms with Crippen molar-refractivity contribution in [1.29, 1.82) is 0 Å². The minimum atomic E-state index is 0.918. The minimum Gasteiger partial charge on any atom is -0.456 e. The van der Waals surface area contributed by atoms with Gasteiger partial charge in [-0.25, -0.2) is 0 Å². The van der Waals surface area contributed by atoms with Gasteiger partial charge in [0.25, 0.3) is 0 Å². The summed E-state index contributed by atoms with van der Waals surface area (Å²) in [5.41, 5.74) is 12.3. The Morgan fingerprint density at radius 2 is 0.846 bits per heavy atom. The van der Waals surface area contributed by atoms with Gasteiger partial charge in [-0.3, -0.25) is 0 Å². The maximum atomic E-state index is 6.21. The second-order valence-corrected chi connectivity index (χ2v) is 13.4. The van der Waals surface area contributed by atoms with Crippen LogP contribution in [0.15, 0.2) is 205 Å². The zero-order valence-corrected chi connectivity index (χ0v) is 28.4. The van der Waals surface area contributed by atoms with E-state index in [-0.39, 0.29) is 0 Å². The number of anilines is 3. The van der Waals surface area contributed by atoms with Crippen LogP contribution >= 0.6 is 0 Å². The lowest BCUT2D eigenvalue weighted by molar-refractivity contribution is 0.669. The lowest BCUT2D eigenvalue weighted by atomic mass is 9.97. The molecule has 0 fully saturated rings.